The van der Waals surface area contributed by atoms with E-state index in [9.17, 15) is 0 Å². The van der Waals surface area contributed by atoms with Crippen LogP contribution in [0.5, 0.6) is 0 Å². The van der Waals surface area contributed by atoms with Crippen LogP contribution >= 0.6 is 24.8 Å². The zero-order valence-electron chi connectivity index (χ0n) is 6.00. The van der Waals surface area contributed by atoms with Crippen LogP contribution < -0.4 is 0 Å². The average molecular weight is 176 g/mol. The maximum Gasteiger partial charge on any atom is 0.0638 e. The fourth-order valence-electron chi connectivity index (χ4n) is 0.528. The van der Waals surface area contributed by atoms with E-state index in [0.29, 0.717) is 0 Å². The highest BCUT2D eigenvalue weighted by molar-refractivity contribution is 5.85. The van der Waals surface area contributed by atoms with Gasteiger partial charge < -0.3 is 10.0 Å². The molecule has 60 valence electrons. The van der Waals surface area contributed by atoms with Crippen molar-refractivity contribution in [1.82, 2.24) is 4.90 Å². The highest BCUT2D eigenvalue weighted by atomic mass is 35.5. The number of aliphatic hydroxyl groups is 1. The average Bonchev–Trinajstić information content (AvgIpc) is 1.27. The molecule has 1 atom stereocenters. The first kappa shape index (κ1) is 16.2. The quantitative estimate of drug-likeness (QED) is 0.671. The third-order valence-electron chi connectivity index (χ3n) is 0.629. The van der Waals surface area contributed by atoms with Gasteiger partial charge in [-0.25, -0.2) is 0 Å². The Morgan fingerprint density at radius 2 is 1.67 bits per heavy atom. The molecule has 0 rings (SSSR count). The SMILES string of the molecule is CC(O)CN(C)C.Cl.Cl. The molecule has 0 saturated heterocycles. The molecular weight excluding hydrogens is 161 g/mol. The number of hydrogen-bond donors (Lipinski definition) is 1. The molecule has 0 heterocycles. The Balaban J connectivity index is -0.000000180. The molecular formula is C5H15Cl2NO. The summed E-state index contributed by atoms with van der Waals surface area (Å²) >= 11 is 0. The van der Waals surface area contributed by atoms with Gasteiger partial charge in [0.15, 0.2) is 0 Å². The van der Waals surface area contributed by atoms with Crippen molar-refractivity contribution in [3.05, 3.63) is 0 Å². The van der Waals surface area contributed by atoms with Gasteiger partial charge in [0, 0.05) is 6.54 Å². The van der Waals surface area contributed by atoms with E-state index >= 15 is 0 Å². The molecule has 0 aliphatic heterocycles. The number of halogens is 2. The summed E-state index contributed by atoms with van der Waals surface area (Å²) in [4.78, 5) is 1.95. The van der Waals surface area contributed by atoms with Crippen LogP contribution in [0.4, 0.5) is 0 Å². The fourth-order valence-corrected chi connectivity index (χ4v) is 0.528. The minimum atomic E-state index is -0.199. The number of nitrogens with zero attached hydrogens (tertiary/aromatic N) is 1. The topological polar surface area (TPSA) is 23.5 Å². The Bertz CT molecular complexity index is 44.2. The first-order valence-corrected chi connectivity index (χ1v) is 2.45. The number of hydrogen-bond acceptors (Lipinski definition) is 2. The van der Waals surface area contributed by atoms with Gasteiger partial charge in [-0.2, -0.15) is 0 Å². The normalized spacial score (nSPS) is 11.7. The number of rotatable bonds is 2. The predicted molar refractivity (Wildman–Crippen MR) is 44.7 cm³/mol. The molecule has 0 bridgehead atoms. The highest BCUT2D eigenvalue weighted by Gasteiger charge is 1.93. The van der Waals surface area contributed by atoms with E-state index in [1.807, 2.05) is 19.0 Å². The van der Waals surface area contributed by atoms with Gasteiger partial charge in [-0.05, 0) is 21.0 Å². The van der Waals surface area contributed by atoms with Crippen LogP contribution in [0.15, 0.2) is 0 Å². The molecule has 0 aromatic carbocycles. The van der Waals surface area contributed by atoms with E-state index < -0.39 is 0 Å². The molecule has 9 heavy (non-hydrogen) atoms. The Morgan fingerprint density at radius 1 is 1.33 bits per heavy atom. The van der Waals surface area contributed by atoms with Crippen LogP contribution in [0.2, 0.25) is 0 Å². The van der Waals surface area contributed by atoms with Crippen molar-refractivity contribution in [2.24, 2.45) is 0 Å². The molecule has 1 N–H and O–H groups in total. The summed E-state index contributed by atoms with van der Waals surface area (Å²) in [5, 5.41) is 8.68. The molecule has 0 saturated carbocycles. The molecule has 0 radical (unpaired) electrons. The summed E-state index contributed by atoms with van der Waals surface area (Å²) in [6.45, 7) is 2.53. The van der Waals surface area contributed by atoms with Crippen molar-refractivity contribution in [3.8, 4) is 0 Å². The first-order chi connectivity index (χ1) is 3.13. The van der Waals surface area contributed by atoms with Gasteiger partial charge in [-0.1, -0.05) is 0 Å². The molecule has 0 spiro atoms. The lowest BCUT2D eigenvalue weighted by Gasteiger charge is -2.10. The van der Waals surface area contributed by atoms with Crippen molar-refractivity contribution in [1.29, 1.82) is 0 Å². The number of aliphatic hydroxyl groups excluding tert-OH is 1. The Hall–Kier alpha value is 0.500. The Kier molecular flexibility index (Phi) is 15.3. The molecule has 0 aromatic heterocycles. The van der Waals surface area contributed by atoms with Crippen LogP contribution in [-0.4, -0.2) is 36.8 Å². The van der Waals surface area contributed by atoms with E-state index in [0.717, 1.165) is 6.54 Å². The fraction of sp³-hybridized carbons (Fsp3) is 1.00. The van der Waals surface area contributed by atoms with E-state index in [1.165, 1.54) is 0 Å². The van der Waals surface area contributed by atoms with Crippen LogP contribution in [-0.2, 0) is 0 Å². The minimum Gasteiger partial charge on any atom is -0.392 e. The number of likely N-dealkylation sites (N-methyl/N-ethyl adjacent to an activating group) is 1. The highest BCUT2D eigenvalue weighted by Crippen LogP contribution is 1.80. The van der Waals surface area contributed by atoms with Gasteiger partial charge in [0.2, 0.25) is 0 Å². The molecule has 0 aliphatic carbocycles. The largest absolute Gasteiger partial charge is 0.392 e. The van der Waals surface area contributed by atoms with E-state index in [1.54, 1.807) is 6.92 Å². The second-order valence-corrected chi connectivity index (χ2v) is 2.11. The van der Waals surface area contributed by atoms with Crippen LogP contribution in [0.1, 0.15) is 6.92 Å². The zero-order valence-corrected chi connectivity index (χ0v) is 7.63. The molecule has 0 aliphatic rings. The van der Waals surface area contributed by atoms with Gasteiger partial charge in [0.25, 0.3) is 0 Å². The lowest BCUT2D eigenvalue weighted by Crippen LogP contribution is -2.22. The Morgan fingerprint density at radius 3 is 1.67 bits per heavy atom. The van der Waals surface area contributed by atoms with E-state index in [2.05, 4.69) is 0 Å². The molecule has 0 amide bonds. The summed E-state index contributed by atoms with van der Waals surface area (Å²) < 4.78 is 0. The van der Waals surface area contributed by atoms with E-state index in [-0.39, 0.29) is 30.9 Å². The summed E-state index contributed by atoms with van der Waals surface area (Å²) in [5.41, 5.74) is 0. The van der Waals surface area contributed by atoms with Gasteiger partial charge in [-0.3, -0.25) is 0 Å². The molecule has 4 heteroatoms. The van der Waals surface area contributed by atoms with Crippen LogP contribution in [0, 0.1) is 0 Å². The Labute approximate surface area is 69.1 Å². The van der Waals surface area contributed by atoms with E-state index in [4.69, 9.17) is 5.11 Å². The van der Waals surface area contributed by atoms with Crippen molar-refractivity contribution < 1.29 is 5.11 Å². The van der Waals surface area contributed by atoms with Gasteiger partial charge >= 0.3 is 0 Å². The third-order valence-corrected chi connectivity index (χ3v) is 0.629. The monoisotopic (exact) mass is 175 g/mol. The smallest absolute Gasteiger partial charge is 0.0638 e. The third kappa shape index (κ3) is 17.7. The molecule has 0 fully saturated rings. The van der Waals surface area contributed by atoms with Gasteiger partial charge in [0.05, 0.1) is 6.10 Å². The summed E-state index contributed by atoms with van der Waals surface area (Å²) in [6, 6.07) is 0. The second kappa shape index (κ2) is 8.50. The zero-order chi connectivity index (χ0) is 5.86. The second-order valence-electron chi connectivity index (χ2n) is 2.11. The van der Waals surface area contributed by atoms with Crippen molar-refractivity contribution >= 4 is 24.8 Å². The van der Waals surface area contributed by atoms with Crippen molar-refractivity contribution in [2.75, 3.05) is 20.6 Å². The predicted octanol–water partition coefficient (Wildman–Crippen LogP) is 0.772. The first-order valence-electron chi connectivity index (χ1n) is 2.45. The summed E-state index contributed by atoms with van der Waals surface area (Å²) in [6.07, 6.45) is -0.199. The van der Waals surface area contributed by atoms with Crippen molar-refractivity contribution in [3.63, 3.8) is 0 Å². The van der Waals surface area contributed by atoms with Crippen LogP contribution in [0.25, 0.3) is 0 Å². The maximum absolute atomic E-state index is 8.68. The molecule has 1 unspecified atom stereocenters. The maximum atomic E-state index is 8.68. The van der Waals surface area contributed by atoms with Gasteiger partial charge in [-0.15, -0.1) is 24.8 Å². The molecule has 0 aromatic rings. The minimum absolute atomic E-state index is 0. The lowest BCUT2D eigenvalue weighted by molar-refractivity contribution is 0.154. The van der Waals surface area contributed by atoms with Gasteiger partial charge in [0.1, 0.15) is 0 Å². The standard InChI is InChI=1S/C5H13NO.2ClH/c1-5(7)4-6(2)3;;/h5,7H,4H2,1-3H3;2*1H. The van der Waals surface area contributed by atoms with Crippen molar-refractivity contribution in [2.45, 2.75) is 13.0 Å². The molecule has 2 nitrogen and oxygen atoms in total. The summed E-state index contributed by atoms with van der Waals surface area (Å²) in [7, 11) is 3.87. The summed E-state index contributed by atoms with van der Waals surface area (Å²) in [5.74, 6) is 0. The lowest BCUT2D eigenvalue weighted by atomic mass is 10.4. The van der Waals surface area contributed by atoms with Crippen LogP contribution in [0.3, 0.4) is 0 Å².